The SMILES string of the molecule is COc1ccccc1CC(=O)Nc1cc(S(=O)(=O)N2CCCCC2)ccc1N1CCCCC1. The molecule has 33 heavy (non-hydrogen) atoms. The van der Waals surface area contributed by atoms with Crippen molar-refractivity contribution in [3.63, 3.8) is 0 Å². The van der Waals surface area contributed by atoms with Crippen LogP contribution in [0.5, 0.6) is 5.75 Å². The van der Waals surface area contributed by atoms with Crippen LogP contribution in [0.4, 0.5) is 11.4 Å². The Balaban J connectivity index is 1.62. The van der Waals surface area contributed by atoms with Crippen LogP contribution < -0.4 is 15.0 Å². The van der Waals surface area contributed by atoms with Gasteiger partial charge in [-0.3, -0.25) is 4.79 Å². The molecule has 0 aliphatic carbocycles. The topological polar surface area (TPSA) is 78.9 Å². The Hall–Kier alpha value is -2.58. The molecule has 178 valence electrons. The number of benzene rings is 2. The standard InChI is InChI=1S/C25H33N3O4S/c1-32-24-11-5-4-10-20(24)18-25(29)26-22-19-21(33(30,31)28-16-8-3-9-17-28)12-13-23(22)27-14-6-2-7-15-27/h4-5,10-13,19H,2-3,6-9,14-18H2,1H3,(H,26,29). The lowest BCUT2D eigenvalue weighted by Gasteiger charge is -2.31. The smallest absolute Gasteiger partial charge is 0.243 e. The second-order valence-corrected chi connectivity index (χ2v) is 10.7. The molecule has 0 spiro atoms. The Morgan fingerprint density at radius 3 is 2.30 bits per heavy atom. The largest absolute Gasteiger partial charge is 0.496 e. The second-order valence-electron chi connectivity index (χ2n) is 8.73. The van der Waals surface area contributed by atoms with Crippen LogP contribution in [-0.2, 0) is 21.2 Å². The first-order chi connectivity index (χ1) is 16.0. The minimum absolute atomic E-state index is 0.145. The minimum Gasteiger partial charge on any atom is -0.496 e. The van der Waals surface area contributed by atoms with Gasteiger partial charge < -0.3 is 15.0 Å². The highest BCUT2D eigenvalue weighted by molar-refractivity contribution is 7.89. The summed E-state index contributed by atoms with van der Waals surface area (Å²) in [5, 5.41) is 3.00. The number of amides is 1. The molecule has 2 aliphatic heterocycles. The third-order valence-corrected chi connectivity index (χ3v) is 8.33. The highest BCUT2D eigenvalue weighted by Crippen LogP contribution is 2.33. The lowest BCUT2D eigenvalue weighted by Crippen LogP contribution is -2.36. The Morgan fingerprint density at radius 2 is 1.61 bits per heavy atom. The summed E-state index contributed by atoms with van der Waals surface area (Å²) in [4.78, 5) is 15.5. The van der Waals surface area contributed by atoms with Crippen molar-refractivity contribution < 1.29 is 17.9 Å². The predicted octanol–water partition coefficient (Wildman–Crippen LogP) is 4.04. The van der Waals surface area contributed by atoms with Crippen molar-refractivity contribution in [1.82, 2.24) is 4.31 Å². The number of anilines is 2. The first-order valence-electron chi connectivity index (χ1n) is 11.8. The summed E-state index contributed by atoms with van der Waals surface area (Å²) in [5.41, 5.74) is 2.21. The fourth-order valence-electron chi connectivity index (χ4n) is 4.66. The first-order valence-corrected chi connectivity index (χ1v) is 13.2. The number of para-hydroxylation sites is 1. The van der Waals surface area contributed by atoms with Crippen LogP contribution in [0.25, 0.3) is 0 Å². The number of carbonyl (C=O) groups is 1. The van der Waals surface area contributed by atoms with Gasteiger partial charge in [-0.15, -0.1) is 0 Å². The molecule has 2 fully saturated rings. The fourth-order valence-corrected chi connectivity index (χ4v) is 6.20. The summed E-state index contributed by atoms with van der Waals surface area (Å²) in [6, 6.07) is 12.6. The number of nitrogens with one attached hydrogen (secondary N) is 1. The van der Waals surface area contributed by atoms with Crippen molar-refractivity contribution >= 4 is 27.3 Å². The van der Waals surface area contributed by atoms with E-state index in [0.29, 0.717) is 24.5 Å². The summed E-state index contributed by atoms with van der Waals surface area (Å²) in [6.07, 6.45) is 6.33. The molecule has 0 radical (unpaired) electrons. The molecule has 8 heteroatoms. The van der Waals surface area contributed by atoms with E-state index in [1.165, 1.54) is 6.42 Å². The van der Waals surface area contributed by atoms with Crippen LogP contribution in [-0.4, -0.2) is 51.9 Å². The number of sulfonamides is 1. The molecule has 2 aromatic rings. The molecule has 2 heterocycles. The van der Waals surface area contributed by atoms with Gasteiger partial charge in [0.05, 0.1) is 29.8 Å². The van der Waals surface area contributed by atoms with Crippen molar-refractivity contribution in [2.75, 3.05) is 43.5 Å². The van der Waals surface area contributed by atoms with Crippen LogP contribution >= 0.6 is 0 Å². The number of hydrogen-bond donors (Lipinski definition) is 1. The Labute approximate surface area is 196 Å². The molecule has 1 N–H and O–H groups in total. The number of nitrogens with zero attached hydrogens (tertiary/aromatic N) is 2. The third kappa shape index (κ3) is 5.50. The van der Waals surface area contributed by atoms with Crippen molar-refractivity contribution in [2.45, 2.75) is 49.8 Å². The molecule has 0 unspecified atom stereocenters. The van der Waals surface area contributed by atoms with Gasteiger partial charge in [-0.1, -0.05) is 24.6 Å². The van der Waals surface area contributed by atoms with E-state index in [-0.39, 0.29) is 17.2 Å². The molecule has 2 aliphatic rings. The van der Waals surface area contributed by atoms with E-state index in [0.717, 1.165) is 56.4 Å². The monoisotopic (exact) mass is 471 g/mol. The Bertz CT molecular complexity index is 1070. The van der Waals surface area contributed by atoms with Gasteiger partial charge in [0.15, 0.2) is 0 Å². The van der Waals surface area contributed by atoms with Gasteiger partial charge >= 0.3 is 0 Å². The van der Waals surface area contributed by atoms with Crippen LogP contribution in [0.1, 0.15) is 44.1 Å². The second kappa shape index (κ2) is 10.6. The molecular weight excluding hydrogens is 438 g/mol. The number of methoxy groups -OCH3 is 1. The normalized spacial score (nSPS) is 17.5. The van der Waals surface area contributed by atoms with Crippen molar-refractivity contribution in [3.05, 3.63) is 48.0 Å². The van der Waals surface area contributed by atoms with Gasteiger partial charge in [-0.2, -0.15) is 4.31 Å². The van der Waals surface area contributed by atoms with E-state index >= 15 is 0 Å². The van der Waals surface area contributed by atoms with E-state index in [9.17, 15) is 13.2 Å². The molecule has 2 aromatic carbocycles. The summed E-state index contributed by atoms with van der Waals surface area (Å²) in [7, 11) is -2.01. The molecule has 0 saturated carbocycles. The van der Waals surface area contributed by atoms with E-state index in [4.69, 9.17) is 4.74 Å². The Morgan fingerprint density at radius 1 is 0.939 bits per heavy atom. The zero-order valence-corrected chi connectivity index (χ0v) is 20.1. The number of piperidine rings is 2. The number of carbonyl (C=O) groups excluding carboxylic acids is 1. The maximum atomic E-state index is 13.3. The lowest BCUT2D eigenvalue weighted by molar-refractivity contribution is -0.115. The molecule has 7 nitrogen and oxygen atoms in total. The molecule has 4 rings (SSSR count). The van der Waals surface area contributed by atoms with E-state index in [1.807, 2.05) is 30.3 Å². The summed E-state index contributed by atoms with van der Waals surface area (Å²) >= 11 is 0. The van der Waals surface area contributed by atoms with Gasteiger partial charge in [0, 0.05) is 31.7 Å². The van der Waals surface area contributed by atoms with Gasteiger partial charge in [0.2, 0.25) is 15.9 Å². The molecule has 0 aromatic heterocycles. The van der Waals surface area contributed by atoms with Crippen LogP contribution in [0.3, 0.4) is 0 Å². The Kier molecular flexibility index (Phi) is 7.55. The van der Waals surface area contributed by atoms with E-state index in [2.05, 4.69) is 10.2 Å². The van der Waals surface area contributed by atoms with Crippen LogP contribution in [0.2, 0.25) is 0 Å². The molecular formula is C25H33N3O4S. The average Bonchev–Trinajstić information content (AvgIpc) is 2.85. The number of rotatable bonds is 7. The highest BCUT2D eigenvalue weighted by Gasteiger charge is 2.27. The fraction of sp³-hybridized carbons (Fsp3) is 0.480. The van der Waals surface area contributed by atoms with Gasteiger partial charge in [0.25, 0.3) is 0 Å². The highest BCUT2D eigenvalue weighted by atomic mass is 32.2. The van der Waals surface area contributed by atoms with Gasteiger partial charge in [-0.05, 0) is 56.4 Å². The zero-order valence-electron chi connectivity index (χ0n) is 19.3. The van der Waals surface area contributed by atoms with Gasteiger partial charge in [-0.25, -0.2) is 8.42 Å². The van der Waals surface area contributed by atoms with Gasteiger partial charge in [0.1, 0.15) is 5.75 Å². The number of ether oxygens (including phenoxy) is 1. The van der Waals surface area contributed by atoms with Crippen LogP contribution in [0, 0.1) is 0 Å². The predicted molar refractivity (Wildman–Crippen MR) is 130 cm³/mol. The first kappa shape index (κ1) is 23.6. The summed E-state index contributed by atoms with van der Waals surface area (Å²) in [6.45, 7) is 2.89. The van der Waals surface area contributed by atoms with Crippen molar-refractivity contribution in [3.8, 4) is 5.75 Å². The molecule has 0 atom stereocenters. The average molecular weight is 472 g/mol. The van der Waals surface area contributed by atoms with Crippen LogP contribution in [0.15, 0.2) is 47.4 Å². The summed E-state index contributed by atoms with van der Waals surface area (Å²) < 4.78 is 33.5. The van der Waals surface area contributed by atoms with Crippen molar-refractivity contribution in [1.29, 1.82) is 0 Å². The van der Waals surface area contributed by atoms with E-state index in [1.54, 1.807) is 23.5 Å². The molecule has 2 saturated heterocycles. The lowest BCUT2D eigenvalue weighted by atomic mass is 10.1. The third-order valence-electron chi connectivity index (χ3n) is 6.44. The van der Waals surface area contributed by atoms with E-state index < -0.39 is 10.0 Å². The zero-order chi connectivity index (χ0) is 23.3. The molecule has 1 amide bonds. The minimum atomic E-state index is -3.59. The summed E-state index contributed by atoms with van der Waals surface area (Å²) in [5.74, 6) is 0.454. The maximum Gasteiger partial charge on any atom is 0.243 e. The maximum absolute atomic E-state index is 13.3. The quantitative estimate of drug-likeness (QED) is 0.659. The van der Waals surface area contributed by atoms with Crippen molar-refractivity contribution in [2.24, 2.45) is 0 Å². The molecule has 0 bridgehead atoms. The number of hydrogen-bond acceptors (Lipinski definition) is 5.